The normalized spacial score (nSPS) is 14.2. The Balaban J connectivity index is 1.67. The van der Waals surface area contributed by atoms with Crippen molar-refractivity contribution in [1.82, 2.24) is 10.2 Å². The van der Waals surface area contributed by atoms with E-state index in [1.807, 2.05) is 57.2 Å². The highest BCUT2D eigenvalue weighted by atomic mass is 35.5. The molecule has 0 heterocycles. The molecule has 0 saturated heterocycles. The van der Waals surface area contributed by atoms with E-state index in [0.29, 0.717) is 27.8 Å². The van der Waals surface area contributed by atoms with Gasteiger partial charge in [0.25, 0.3) is 5.91 Å². The quantitative estimate of drug-likeness (QED) is 0.287. The van der Waals surface area contributed by atoms with E-state index in [4.69, 9.17) is 27.9 Å². The number of aryl methyl sites for hydroxylation is 2. The molecule has 39 heavy (non-hydrogen) atoms. The first-order chi connectivity index (χ1) is 18.7. The third kappa shape index (κ3) is 7.55. The number of ether oxygens (including phenoxy) is 1. The predicted octanol–water partition coefficient (Wildman–Crippen LogP) is 7.00. The second kappa shape index (κ2) is 13.4. The third-order valence-electron chi connectivity index (χ3n) is 7.48. The largest absolute Gasteiger partial charge is 0.483 e. The summed E-state index contributed by atoms with van der Waals surface area (Å²) in [5, 5.41) is 4.10. The lowest BCUT2D eigenvalue weighted by Gasteiger charge is -2.33. The Morgan fingerprint density at radius 2 is 1.64 bits per heavy atom. The van der Waals surface area contributed by atoms with Crippen molar-refractivity contribution in [1.29, 1.82) is 0 Å². The van der Waals surface area contributed by atoms with E-state index in [1.54, 1.807) is 23.1 Å². The van der Waals surface area contributed by atoms with E-state index in [0.717, 1.165) is 47.9 Å². The van der Waals surface area contributed by atoms with Gasteiger partial charge in [-0.15, -0.1) is 0 Å². The number of amides is 2. The Kier molecular flexibility index (Phi) is 9.93. The van der Waals surface area contributed by atoms with Crippen LogP contribution in [0.1, 0.15) is 53.5 Å². The molecule has 206 valence electrons. The van der Waals surface area contributed by atoms with Gasteiger partial charge in [0.1, 0.15) is 11.8 Å². The van der Waals surface area contributed by atoms with Crippen molar-refractivity contribution >= 4 is 35.0 Å². The van der Waals surface area contributed by atoms with Crippen LogP contribution in [0, 0.1) is 20.8 Å². The second-order valence-electron chi connectivity index (χ2n) is 10.4. The van der Waals surface area contributed by atoms with E-state index < -0.39 is 6.04 Å². The van der Waals surface area contributed by atoms with Gasteiger partial charge in [0.15, 0.2) is 6.61 Å². The van der Waals surface area contributed by atoms with E-state index in [2.05, 4.69) is 11.4 Å². The summed E-state index contributed by atoms with van der Waals surface area (Å²) in [6.45, 7) is 5.86. The third-order valence-corrected chi connectivity index (χ3v) is 8.19. The Labute approximate surface area is 241 Å². The van der Waals surface area contributed by atoms with Gasteiger partial charge in [-0.2, -0.15) is 0 Å². The molecule has 1 aliphatic rings. The maximum Gasteiger partial charge on any atom is 0.261 e. The van der Waals surface area contributed by atoms with Gasteiger partial charge in [0.2, 0.25) is 5.91 Å². The average molecular weight is 568 g/mol. The molecule has 3 aromatic rings. The molecule has 1 fully saturated rings. The maximum absolute atomic E-state index is 13.9. The topological polar surface area (TPSA) is 58.6 Å². The first kappa shape index (κ1) is 29.0. The van der Waals surface area contributed by atoms with Crippen molar-refractivity contribution in [3.05, 3.63) is 98.5 Å². The molecule has 3 aromatic carbocycles. The molecule has 2 amide bonds. The monoisotopic (exact) mass is 566 g/mol. The Morgan fingerprint density at radius 3 is 2.31 bits per heavy atom. The Morgan fingerprint density at radius 1 is 0.974 bits per heavy atom. The SMILES string of the molecule is Cc1cc(C)c(C)c(OCC(=O)N(Cc2c(Cl)cccc2Cl)C(Cc2ccccc2)C(=O)NC2CCCC2)c1. The number of carbonyl (C=O) groups excluding carboxylic acids is 2. The minimum absolute atomic E-state index is 0.0854. The van der Waals surface area contributed by atoms with Gasteiger partial charge in [-0.3, -0.25) is 9.59 Å². The number of carbonyl (C=O) groups is 2. The van der Waals surface area contributed by atoms with E-state index in [1.165, 1.54) is 0 Å². The van der Waals surface area contributed by atoms with Crippen LogP contribution >= 0.6 is 23.2 Å². The number of rotatable bonds is 10. The van der Waals surface area contributed by atoms with Crippen LogP contribution in [-0.2, 0) is 22.6 Å². The molecular formula is C32H36Cl2N2O3. The van der Waals surface area contributed by atoms with Crippen molar-refractivity contribution < 1.29 is 14.3 Å². The summed E-state index contributed by atoms with van der Waals surface area (Å²) < 4.78 is 6.06. The summed E-state index contributed by atoms with van der Waals surface area (Å²) in [4.78, 5) is 29.3. The molecule has 0 spiro atoms. The van der Waals surface area contributed by atoms with Crippen LogP contribution in [0.25, 0.3) is 0 Å². The van der Waals surface area contributed by atoms with E-state index in [-0.39, 0.29) is 31.0 Å². The zero-order valence-electron chi connectivity index (χ0n) is 22.8. The highest BCUT2D eigenvalue weighted by Crippen LogP contribution is 2.28. The summed E-state index contributed by atoms with van der Waals surface area (Å²) in [6.07, 6.45) is 4.44. The van der Waals surface area contributed by atoms with Crippen LogP contribution in [0.4, 0.5) is 0 Å². The standard InChI is InChI=1S/C32H36Cl2N2O3/c1-21-16-22(2)23(3)30(17-21)39-20-31(37)36(19-26-27(33)14-9-15-28(26)34)29(18-24-10-5-4-6-11-24)32(38)35-25-12-7-8-13-25/h4-6,9-11,14-17,25,29H,7-8,12-13,18-20H2,1-3H3,(H,35,38). The molecule has 0 aliphatic heterocycles. The molecule has 0 radical (unpaired) electrons. The summed E-state index contributed by atoms with van der Waals surface area (Å²) in [5.74, 6) is 0.170. The van der Waals surface area contributed by atoms with Crippen LogP contribution in [0.3, 0.4) is 0 Å². The number of halogens is 2. The molecule has 7 heteroatoms. The summed E-state index contributed by atoms with van der Waals surface area (Å²) >= 11 is 13.1. The minimum atomic E-state index is -0.767. The number of hydrogen-bond donors (Lipinski definition) is 1. The van der Waals surface area contributed by atoms with Gasteiger partial charge >= 0.3 is 0 Å². The lowest BCUT2D eigenvalue weighted by molar-refractivity contribution is -0.143. The maximum atomic E-state index is 13.9. The van der Waals surface area contributed by atoms with Gasteiger partial charge in [0.05, 0.1) is 0 Å². The number of nitrogens with one attached hydrogen (secondary N) is 1. The van der Waals surface area contributed by atoms with Crippen molar-refractivity contribution in [2.45, 2.75) is 71.5 Å². The second-order valence-corrected chi connectivity index (χ2v) is 11.2. The zero-order valence-corrected chi connectivity index (χ0v) is 24.3. The molecule has 4 rings (SSSR count). The lowest BCUT2D eigenvalue weighted by Crippen LogP contribution is -2.53. The van der Waals surface area contributed by atoms with Crippen LogP contribution < -0.4 is 10.1 Å². The van der Waals surface area contributed by atoms with Crippen molar-refractivity contribution in [3.63, 3.8) is 0 Å². The van der Waals surface area contributed by atoms with Crippen LogP contribution in [0.5, 0.6) is 5.75 Å². The van der Waals surface area contributed by atoms with E-state index >= 15 is 0 Å². The summed E-state index contributed by atoms with van der Waals surface area (Å²) in [7, 11) is 0. The van der Waals surface area contributed by atoms with Crippen LogP contribution in [-0.4, -0.2) is 35.4 Å². The molecule has 0 aromatic heterocycles. The van der Waals surface area contributed by atoms with Crippen LogP contribution in [0.15, 0.2) is 60.7 Å². The van der Waals surface area contributed by atoms with Gasteiger partial charge in [-0.25, -0.2) is 0 Å². The molecule has 1 unspecified atom stereocenters. The molecule has 1 atom stereocenters. The smallest absolute Gasteiger partial charge is 0.261 e. The molecule has 5 nitrogen and oxygen atoms in total. The average Bonchev–Trinajstić information content (AvgIpc) is 3.42. The predicted molar refractivity (Wildman–Crippen MR) is 157 cm³/mol. The van der Waals surface area contributed by atoms with Gasteiger partial charge in [0, 0.05) is 34.6 Å². The molecule has 1 saturated carbocycles. The molecule has 1 N–H and O–H groups in total. The summed E-state index contributed by atoms with van der Waals surface area (Å²) in [6, 6.07) is 18.4. The van der Waals surface area contributed by atoms with Crippen molar-refractivity contribution in [2.24, 2.45) is 0 Å². The van der Waals surface area contributed by atoms with Crippen LogP contribution in [0.2, 0.25) is 10.0 Å². The first-order valence-electron chi connectivity index (χ1n) is 13.5. The molecule has 1 aliphatic carbocycles. The van der Waals surface area contributed by atoms with E-state index in [9.17, 15) is 9.59 Å². The van der Waals surface area contributed by atoms with Gasteiger partial charge < -0.3 is 15.0 Å². The highest BCUT2D eigenvalue weighted by Gasteiger charge is 2.33. The number of nitrogens with zero attached hydrogens (tertiary/aromatic N) is 1. The highest BCUT2D eigenvalue weighted by molar-refractivity contribution is 6.36. The fourth-order valence-corrected chi connectivity index (χ4v) is 5.67. The Bertz CT molecular complexity index is 1290. The molecule has 0 bridgehead atoms. The Hall–Kier alpha value is -3.02. The van der Waals surface area contributed by atoms with Gasteiger partial charge in [-0.05, 0) is 74.1 Å². The fraction of sp³-hybridized carbons (Fsp3) is 0.375. The summed E-state index contributed by atoms with van der Waals surface area (Å²) in [5.41, 5.74) is 4.68. The van der Waals surface area contributed by atoms with Gasteiger partial charge in [-0.1, -0.05) is 78.5 Å². The number of hydrogen-bond acceptors (Lipinski definition) is 3. The fourth-order valence-electron chi connectivity index (χ4n) is 5.15. The molecular weight excluding hydrogens is 531 g/mol. The lowest BCUT2D eigenvalue weighted by atomic mass is 10.0. The minimum Gasteiger partial charge on any atom is -0.483 e. The van der Waals surface area contributed by atoms with Crippen molar-refractivity contribution in [2.75, 3.05) is 6.61 Å². The van der Waals surface area contributed by atoms with Crippen molar-refractivity contribution in [3.8, 4) is 5.75 Å². The first-order valence-corrected chi connectivity index (χ1v) is 14.3. The number of benzene rings is 3. The zero-order chi connectivity index (χ0) is 27.9.